The van der Waals surface area contributed by atoms with Crippen molar-refractivity contribution < 1.29 is 4.79 Å². The van der Waals surface area contributed by atoms with Gasteiger partial charge >= 0.3 is 0 Å². The number of benzene rings is 1. The third-order valence-corrected chi connectivity index (χ3v) is 1.81. The predicted octanol–water partition coefficient (Wildman–Crippen LogP) is 2.72. The van der Waals surface area contributed by atoms with Crippen molar-refractivity contribution in [2.75, 3.05) is 5.75 Å². The van der Waals surface area contributed by atoms with E-state index in [-0.39, 0.29) is 11.5 Å². The minimum absolute atomic E-state index is 0.0309. The predicted molar refractivity (Wildman–Crippen MR) is 48.2 cm³/mol. The van der Waals surface area contributed by atoms with E-state index >= 15 is 0 Å². The molecule has 3 heteroatoms. The molecule has 11 heavy (non-hydrogen) atoms. The highest BCUT2D eigenvalue weighted by Crippen LogP contribution is 2.10. The molecule has 0 heterocycles. The maximum Gasteiger partial charge on any atom is 0.173 e. The molecule has 1 rings (SSSR count). The maximum atomic E-state index is 11.0. The molecule has 0 fully saturated rings. The zero-order valence-corrected chi connectivity index (χ0v) is 7.28. The van der Waals surface area contributed by atoms with Gasteiger partial charge in [0.2, 0.25) is 0 Å². The van der Waals surface area contributed by atoms with Crippen LogP contribution in [0.5, 0.6) is 0 Å². The molecule has 0 amide bonds. The number of carbonyl (C=O) groups excluding carboxylic acids is 1. The Morgan fingerprint density at radius 3 is 2.36 bits per heavy atom. The summed E-state index contributed by atoms with van der Waals surface area (Å²) in [6, 6.07) is 6.72. The number of halogens is 1. The van der Waals surface area contributed by atoms with Crippen LogP contribution in [0.1, 0.15) is 10.4 Å². The van der Waals surface area contributed by atoms with E-state index in [1.807, 2.05) is 0 Å². The average Bonchev–Trinajstić information content (AvgIpc) is 2.05. The second-order valence-corrected chi connectivity index (χ2v) is 2.80. The van der Waals surface area contributed by atoms with Gasteiger partial charge in [0.1, 0.15) is 0 Å². The quantitative estimate of drug-likeness (QED) is 0.648. The van der Waals surface area contributed by atoms with Gasteiger partial charge in [-0.25, -0.2) is 0 Å². The van der Waals surface area contributed by atoms with E-state index in [1.54, 1.807) is 24.3 Å². The van der Waals surface area contributed by atoms with Gasteiger partial charge in [0, 0.05) is 10.6 Å². The standard InChI is InChI=1S/C8H6ClOS/c9-7-3-1-6(2-4-7)8(10)5-11/h1-4H,5H2. The van der Waals surface area contributed by atoms with Crippen LogP contribution in [0.4, 0.5) is 0 Å². The molecule has 57 valence electrons. The molecule has 0 spiro atoms. The Balaban J connectivity index is 2.90. The molecule has 1 aromatic carbocycles. The molecule has 0 aromatic heterocycles. The molecular weight excluding hydrogens is 180 g/mol. The summed E-state index contributed by atoms with van der Waals surface area (Å²) in [7, 11) is 0. The van der Waals surface area contributed by atoms with Gasteiger partial charge in [-0.3, -0.25) is 4.79 Å². The van der Waals surface area contributed by atoms with Gasteiger partial charge in [0.05, 0.1) is 5.75 Å². The molecule has 0 N–H and O–H groups in total. The zero-order valence-electron chi connectivity index (χ0n) is 5.71. The minimum Gasteiger partial charge on any atom is -0.293 e. The molecule has 1 aromatic rings. The molecule has 0 aliphatic carbocycles. The summed E-state index contributed by atoms with van der Waals surface area (Å²) in [5.41, 5.74) is 0.629. The Morgan fingerprint density at radius 1 is 1.36 bits per heavy atom. The fourth-order valence-corrected chi connectivity index (χ4v) is 1.01. The summed E-state index contributed by atoms with van der Waals surface area (Å²) < 4.78 is 0. The Labute approximate surface area is 75.8 Å². The van der Waals surface area contributed by atoms with Crippen LogP contribution in [0.3, 0.4) is 0 Å². The molecular formula is C8H6ClOS. The van der Waals surface area contributed by atoms with Gasteiger partial charge in [0.15, 0.2) is 5.78 Å². The van der Waals surface area contributed by atoms with Crippen molar-refractivity contribution in [1.82, 2.24) is 0 Å². The highest BCUT2D eigenvalue weighted by molar-refractivity contribution is 7.81. The summed E-state index contributed by atoms with van der Waals surface area (Å²) in [6.07, 6.45) is 0. The highest BCUT2D eigenvalue weighted by atomic mass is 35.5. The van der Waals surface area contributed by atoms with E-state index in [2.05, 4.69) is 12.6 Å². The lowest BCUT2D eigenvalue weighted by Crippen LogP contribution is -1.98. The first-order valence-corrected chi connectivity index (χ1v) is 4.06. The molecule has 0 aliphatic heterocycles. The summed E-state index contributed by atoms with van der Waals surface area (Å²) >= 11 is 10.2. The van der Waals surface area contributed by atoms with E-state index in [4.69, 9.17) is 11.6 Å². The maximum absolute atomic E-state index is 11.0. The van der Waals surface area contributed by atoms with Crippen LogP contribution in [0.25, 0.3) is 0 Å². The van der Waals surface area contributed by atoms with Crippen LogP contribution < -0.4 is 0 Å². The van der Waals surface area contributed by atoms with Crippen LogP contribution in [0.2, 0.25) is 5.02 Å². The topological polar surface area (TPSA) is 17.1 Å². The van der Waals surface area contributed by atoms with Crippen molar-refractivity contribution >= 4 is 30.0 Å². The van der Waals surface area contributed by atoms with Crippen molar-refractivity contribution in [2.24, 2.45) is 0 Å². The number of Topliss-reactive ketones (excluding diaryl/α,β-unsaturated/α-hetero) is 1. The molecule has 0 bridgehead atoms. The Hall–Kier alpha value is -0.470. The fraction of sp³-hybridized carbons (Fsp3) is 0.125. The number of hydrogen-bond donors (Lipinski definition) is 0. The van der Waals surface area contributed by atoms with Crippen molar-refractivity contribution in [1.29, 1.82) is 0 Å². The average molecular weight is 186 g/mol. The van der Waals surface area contributed by atoms with Crippen molar-refractivity contribution in [3.63, 3.8) is 0 Å². The highest BCUT2D eigenvalue weighted by Gasteiger charge is 2.01. The summed E-state index contributed by atoms with van der Waals surface area (Å²) in [5, 5.41) is 0.630. The fourth-order valence-electron chi connectivity index (χ4n) is 0.719. The van der Waals surface area contributed by atoms with E-state index < -0.39 is 0 Å². The van der Waals surface area contributed by atoms with Gasteiger partial charge < -0.3 is 0 Å². The number of carbonyl (C=O) groups is 1. The van der Waals surface area contributed by atoms with E-state index in [1.165, 1.54) is 0 Å². The van der Waals surface area contributed by atoms with Crippen LogP contribution >= 0.6 is 24.2 Å². The normalized spacial score (nSPS) is 9.64. The SMILES string of the molecule is O=C(C[S])c1ccc(Cl)cc1. The van der Waals surface area contributed by atoms with Gasteiger partial charge in [-0.15, -0.1) is 0 Å². The molecule has 0 atom stereocenters. The second-order valence-electron chi connectivity index (χ2n) is 2.07. The lowest BCUT2D eigenvalue weighted by Gasteiger charge is -1.95. The molecule has 1 radical (unpaired) electrons. The Kier molecular flexibility index (Phi) is 2.97. The second kappa shape index (κ2) is 3.79. The third kappa shape index (κ3) is 2.24. The monoisotopic (exact) mass is 185 g/mol. The first-order chi connectivity index (χ1) is 5.24. The lowest BCUT2D eigenvalue weighted by atomic mass is 10.1. The summed E-state index contributed by atoms with van der Waals surface area (Å²) in [6.45, 7) is 0. The Morgan fingerprint density at radius 2 is 1.91 bits per heavy atom. The van der Waals surface area contributed by atoms with Crippen molar-refractivity contribution in [3.05, 3.63) is 34.9 Å². The van der Waals surface area contributed by atoms with E-state index in [9.17, 15) is 4.79 Å². The van der Waals surface area contributed by atoms with Crippen LogP contribution in [0, 0.1) is 0 Å². The molecule has 0 unspecified atom stereocenters. The van der Waals surface area contributed by atoms with E-state index in [0.717, 1.165) is 0 Å². The molecule has 0 saturated heterocycles. The van der Waals surface area contributed by atoms with Gasteiger partial charge in [-0.05, 0) is 24.3 Å². The molecule has 0 saturated carbocycles. The largest absolute Gasteiger partial charge is 0.293 e. The van der Waals surface area contributed by atoms with Crippen LogP contribution in [-0.4, -0.2) is 11.5 Å². The van der Waals surface area contributed by atoms with Crippen LogP contribution in [0.15, 0.2) is 24.3 Å². The van der Waals surface area contributed by atoms with Gasteiger partial charge in [0.25, 0.3) is 0 Å². The smallest absolute Gasteiger partial charge is 0.173 e. The third-order valence-electron chi connectivity index (χ3n) is 1.30. The molecule has 1 nitrogen and oxygen atoms in total. The lowest BCUT2D eigenvalue weighted by molar-refractivity contribution is 0.102. The Bertz CT molecular complexity index is 255. The summed E-state index contributed by atoms with van der Waals surface area (Å²) in [5.74, 6) is 0.0958. The van der Waals surface area contributed by atoms with Gasteiger partial charge in [-0.1, -0.05) is 24.2 Å². The van der Waals surface area contributed by atoms with Crippen LogP contribution in [-0.2, 0) is 0 Å². The van der Waals surface area contributed by atoms with E-state index in [0.29, 0.717) is 10.6 Å². The van der Waals surface area contributed by atoms with Gasteiger partial charge in [-0.2, -0.15) is 0 Å². The molecule has 0 aliphatic rings. The van der Waals surface area contributed by atoms with Crippen molar-refractivity contribution in [3.8, 4) is 0 Å². The number of ketones is 1. The minimum atomic E-state index is -0.0309. The first-order valence-electron chi connectivity index (χ1n) is 3.11. The van der Waals surface area contributed by atoms with Crippen molar-refractivity contribution in [2.45, 2.75) is 0 Å². The number of rotatable bonds is 2. The summed E-state index contributed by atoms with van der Waals surface area (Å²) in [4.78, 5) is 11.0. The first kappa shape index (κ1) is 8.62. The zero-order chi connectivity index (χ0) is 8.27. The number of hydrogen-bond acceptors (Lipinski definition) is 1.